The molecule has 2 fully saturated rings. The van der Waals surface area contributed by atoms with Crippen LogP contribution in [0.1, 0.15) is 82.6 Å². The van der Waals surface area contributed by atoms with Crippen LogP contribution in [0.25, 0.3) is 0 Å². The Labute approximate surface area is 189 Å². The van der Waals surface area contributed by atoms with Gasteiger partial charge in [0.05, 0.1) is 4.90 Å². The van der Waals surface area contributed by atoms with Crippen molar-refractivity contribution in [1.82, 2.24) is 0 Å². The highest BCUT2D eigenvalue weighted by atomic mass is 32.2. The smallest absolute Gasteiger partial charge is 0.142 e. The van der Waals surface area contributed by atoms with Crippen molar-refractivity contribution in [2.24, 2.45) is 23.7 Å². The van der Waals surface area contributed by atoms with E-state index in [4.69, 9.17) is 5.26 Å². The van der Waals surface area contributed by atoms with E-state index in [0.29, 0.717) is 17.3 Å². The number of allylic oxidation sites excluding steroid dienone is 2. The summed E-state index contributed by atoms with van der Waals surface area (Å²) in [5, 5.41) is 10.4. The first-order chi connectivity index (χ1) is 15.1. The fraction of sp³-hybridized carbons (Fsp3) is 0.593. The van der Waals surface area contributed by atoms with E-state index in [-0.39, 0.29) is 4.90 Å². The third-order valence-corrected chi connectivity index (χ3v) is 8.35. The number of nitrogens with zero attached hydrogens (tertiary/aromatic N) is 1. The zero-order valence-electron chi connectivity index (χ0n) is 18.1. The second-order valence-corrected chi connectivity index (χ2v) is 10.4. The van der Waals surface area contributed by atoms with E-state index < -0.39 is 11.6 Å². The largest absolute Gasteiger partial charge is 0.206 e. The van der Waals surface area contributed by atoms with Crippen molar-refractivity contribution in [3.05, 3.63) is 41.0 Å². The predicted molar refractivity (Wildman–Crippen MR) is 122 cm³/mol. The summed E-state index contributed by atoms with van der Waals surface area (Å²) in [5.74, 6) is 8.20. The van der Waals surface area contributed by atoms with Crippen molar-refractivity contribution in [3.8, 4) is 17.2 Å². The summed E-state index contributed by atoms with van der Waals surface area (Å²) in [4.78, 5) is -0.259. The molecule has 0 aromatic heterocycles. The molecule has 4 rings (SSSR count). The second-order valence-electron chi connectivity index (χ2n) is 9.64. The van der Waals surface area contributed by atoms with Gasteiger partial charge in [0.1, 0.15) is 17.0 Å². The lowest BCUT2D eigenvalue weighted by molar-refractivity contribution is 0.176. The van der Waals surface area contributed by atoms with Crippen molar-refractivity contribution in [2.75, 3.05) is 0 Å². The Balaban J connectivity index is 1.28. The molecule has 0 amide bonds. The van der Waals surface area contributed by atoms with Gasteiger partial charge in [-0.1, -0.05) is 56.4 Å². The molecule has 1 nitrogen and oxygen atoms in total. The maximum absolute atomic E-state index is 14.0. The minimum atomic E-state index is -0.725. The van der Waals surface area contributed by atoms with Crippen LogP contribution in [-0.2, 0) is 0 Å². The van der Waals surface area contributed by atoms with Crippen LogP contribution < -0.4 is 0 Å². The lowest BCUT2D eigenvalue weighted by Gasteiger charge is -2.35. The van der Waals surface area contributed by atoms with E-state index >= 15 is 0 Å². The van der Waals surface area contributed by atoms with E-state index in [1.54, 1.807) is 5.40 Å². The molecule has 1 atom stereocenters. The van der Waals surface area contributed by atoms with Crippen LogP contribution in [0.3, 0.4) is 0 Å². The fourth-order valence-electron chi connectivity index (χ4n) is 5.94. The first-order valence-electron chi connectivity index (χ1n) is 11.9. The Hall–Kier alpha value is -1.78. The van der Waals surface area contributed by atoms with Gasteiger partial charge in [0.15, 0.2) is 0 Å². The normalized spacial score (nSPS) is 26.6. The highest BCUT2D eigenvalue weighted by Crippen LogP contribution is 2.42. The highest BCUT2D eigenvalue weighted by Gasteiger charge is 2.30. The van der Waals surface area contributed by atoms with Gasteiger partial charge in [-0.3, -0.25) is 0 Å². The van der Waals surface area contributed by atoms with Crippen molar-refractivity contribution in [3.63, 3.8) is 0 Å². The van der Waals surface area contributed by atoms with Gasteiger partial charge in [-0.15, -0.1) is 0 Å². The summed E-state index contributed by atoms with van der Waals surface area (Å²) in [6.07, 6.45) is 18.4. The van der Waals surface area contributed by atoms with E-state index in [9.17, 15) is 8.78 Å². The van der Waals surface area contributed by atoms with Crippen LogP contribution in [0.2, 0.25) is 0 Å². The van der Waals surface area contributed by atoms with Gasteiger partial charge in [-0.2, -0.15) is 5.26 Å². The second kappa shape index (κ2) is 10.7. The third kappa shape index (κ3) is 5.93. The summed E-state index contributed by atoms with van der Waals surface area (Å²) in [6.45, 7) is 0. The van der Waals surface area contributed by atoms with Gasteiger partial charge < -0.3 is 0 Å². The van der Waals surface area contributed by atoms with Crippen molar-refractivity contribution in [2.45, 2.75) is 81.9 Å². The topological polar surface area (TPSA) is 23.8 Å². The van der Waals surface area contributed by atoms with Crippen LogP contribution >= 0.6 is 11.8 Å². The zero-order valence-corrected chi connectivity index (χ0v) is 19.0. The Morgan fingerprint density at radius 1 is 0.871 bits per heavy atom. The van der Waals surface area contributed by atoms with Gasteiger partial charge in [-0.25, -0.2) is 8.78 Å². The van der Waals surface area contributed by atoms with Gasteiger partial charge in [0.2, 0.25) is 0 Å². The monoisotopic (exact) mass is 439 g/mol. The standard InChI is InChI=1S/C27H31F2NS/c28-25-16-22(17-26(29)27(25)31-18-30)6-5-19-7-11-23(12-8-19)24-13-9-21(10-14-24)15-20-3-1-2-4-20/h7,16-17,20-21,23-24H,1-4,8-15H2. The molecule has 1 aromatic carbocycles. The molecule has 0 spiro atoms. The average molecular weight is 440 g/mol. The molecule has 164 valence electrons. The summed E-state index contributed by atoms with van der Waals surface area (Å²) in [7, 11) is 0. The van der Waals surface area contributed by atoms with Crippen LogP contribution in [0.4, 0.5) is 8.78 Å². The maximum Gasteiger partial charge on any atom is 0.142 e. The summed E-state index contributed by atoms with van der Waals surface area (Å²) in [5.41, 5.74) is 1.41. The molecular formula is C27H31F2NS. The van der Waals surface area contributed by atoms with Gasteiger partial charge >= 0.3 is 0 Å². The molecule has 0 radical (unpaired) electrons. The van der Waals surface area contributed by atoms with Crippen molar-refractivity contribution >= 4 is 11.8 Å². The van der Waals surface area contributed by atoms with E-state index in [0.717, 1.165) is 42.1 Å². The Morgan fingerprint density at radius 3 is 2.16 bits per heavy atom. The summed E-state index contributed by atoms with van der Waals surface area (Å²) < 4.78 is 27.9. The molecule has 2 saturated carbocycles. The highest BCUT2D eigenvalue weighted by molar-refractivity contribution is 8.03. The quantitative estimate of drug-likeness (QED) is 0.269. The van der Waals surface area contributed by atoms with Gasteiger partial charge in [0.25, 0.3) is 0 Å². The first kappa shape index (κ1) is 22.4. The molecule has 31 heavy (non-hydrogen) atoms. The average Bonchev–Trinajstić information content (AvgIpc) is 3.29. The summed E-state index contributed by atoms with van der Waals surface area (Å²) >= 11 is 0.501. The molecule has 0 heterocycles. The number of benzene rings is 1. The van der Waals surface area contributed by atoms with Gasteiger partial charge in [0, 0.05) is 5.56 Å². The van der Waals surface area contributed by atoms with Crippen LogP contribution in [0.15, 0.2) is 28.7 Å². The molecule has 0 saturated heterocycles. The number of thioether (sulfide) groups is 1. The SMILES string of the molecule is N#CSc1c(F)cc(C#CC2=CCC(C3CCC(CC4CCCC4)CC3)CC2)cc1F. The Morgan fingerprint density at radius 2 is 1.55 bits per heavy atom. The fourth-order valence-corrected chi connectivity index (χ4v) is 6.34. The Kier molecular flexibility index (Phi) is 7.73. The molecule has 4 heteroatoms. The number of rotatable bonds is 4. The summed E-state index contributed by atoms with van der Waals surface area (Å²) in [6, 6.07) is 2.43. The molecule has 3 aliphatic rings. The maximum atomic E-state index is 14.0. The predicted octanol–water partition coefficient (Wildman–Crippen LogP) is 8.00. The van der Waals surface area contributed by atoms with E-state index in [1.165, 1.54) is 76.3 Å². The van der Waals surface area contributed by atoms with Crippen molar-refractivity contribution < 1.29 is 8.78 Å². The van der Waals surface area contributed by atoms with Crippen LogP contribution in [-0.4, -0.2) is 0 Å². The molecule has 1 aromatic rings. The minimum absolute atomic E-state index is 0.259. The number of thiocyanates is 1. The number of hydrogen-bond acceptors (Lipinski definition) is 2. The molecule has 0 bridgehead atoms. The number of halogens is 2. The van der Waals surface area contributed by atoms with Crippen LogP contribution in [0.5, 0.6) is 0 Å². The van der Waals surface area contributed by atoms with Crippen molar-refractivity contribution in [1.29, 1.82) is 5.26 Å². The van der Waals surface area contributed by atoms with E-state index in [2.05, 4.69) is 17.9 Å². The molecular weight excluding hydrogens is 408 g/mol. The molecule has 1 unspecified atom stereocenters. The van der Waals surface area contributed by atoms with E-state index in [1.807, 2.05) is 0 Å². The third-order valence-electron chi connectivity index (χ3n) is 7.66. The lowest BCUT2D eigenvalue weighted by atomic mass is 9.70. The molecule has 0 N–H and O–H groups in total. The zero-order chi connectivity index (χ0) is 21.6. The lowest BCUT2D eigenvalue weighted by Crippen LogP contribution is -2.24. The van der Waals surface area contributed by atoms with Gasteiger partial charge in [-0.05, 0) is 91.7 Å². The van der Waals surface area contributed by atoms with Crippen LogP contribution in [0, 0.1) is 57.8 Å². The first-order valence-corrected chi connectivity index (χ1v) is 12.7. The number of hydrogen-bond donors (Lipinski definition) is 0. The Bertz CT molecular complexity index is 882. The minimum Gasteiger partial charge on any atom is -0.206 e. The molecule has 3 aliphatic carbocycles. The molecule has 0 aliphatic heterocycles. The number of nitriles is 1.